The van der Waals surface area contributed by atoms with Gasteiger partial charge in [0.25, 0.3) is 5.55 Å². The van der Waals surface area contributed by atoms with Crippen LogP contribution in [0.4, 0.5) is 65.9 Å². The first-order valence-electron chi connectivity index (χ1n) is 6.08. The minimum Gasteiger partial charge on any atom is -0.205 e. The summed E-state index contributed by atoms with van der Waals surface area (Å²) in [6.07, 6.45) is -7.58. The molecule has 0 atom stereocenters. The van der Waals surface area contributed by atoms with Gasteiger partial charge in [0.1, 0.15) is 8.07 Å². The Bertz CT molecular complexity index is 476. The van der Waals surface area contributed by atoms with Crippen molar-refractivity contribution in [1.82, 2.24) is 0 Å². The van der Waals surface area contributed by atoms with Gasteiger partial charge in [-0.15, -0.1) is 0 Å². The second-order valence-corrected chi connectivity index (χ2v) is 11.3. The van der Waals surface area contributed by atoms with Gasteiger partial charge >= 0.3 is 35.8 Å². The summed E-state index contributed by atoms with van der Waals surface area (Å²) in [6, 6.07) is 0. The topological polar surface area (TPSA) is 0 Å². The first-order valence-corrected chi connectivity index (χ1v) is 9.58. The molecule has 0 bridgehead atoms. The zero-order valence-corrected chi connectivity index (χ0v) is 13.7. The zero-order valence-electron chi connectivity index (χ0n) is 12.7. The van der Waals surface area contributed by atoms with Gasteiger partial charge in [0, 0.05) is 0 Å². The summed E-state index contributed by atoms with van der Waals surface area (Å²) in [7, 11) is -4.90. The lowest BCUT2D eigenvalue weighted by Gasteiger charge is -2.44. The second-order valence-electron chi connectivity index (χ2n) is 6.19. The van der Waals surface area contributed by atoms with E-state index in [1.54, 1.807) is 0 Å². The van der Waals surface area contributed by atoms with Crippen LogP contribution < -0.4 is 0 Å². The molecule has 0 amide bonds. The van der Waals surface area contributed by atoms with E-state index < -0.39 is 49.4 Å². The quantitative estimate of drug-likeness (QED) is 0.338. The predicted molar refractivity (Wildman–Crippen MR) is 59.1 cm³/mol. The minimum absolute atomic E-state index is 0.220. The van der Waals surface area contributed by atoms with Crippen molar-refractivity contribution in [3.8, 4) is 0 Å². The fourth-order valence-corrected chi connectivity index (χ4v) is 2.54. The summed E-state index contributed by atoms with van der Waals surface area (Å²) < 4.78 is 193. The Morgan fingerprint density at radius 3 is 0.846 bits per heavy atom. The smallest absolute Gasteiger partial charge is 0.205 e. The molecule has 0 aliphatic heterocycles. The molecule has 0 aliphatic carbocycles. The van der Waals surface area contributed by atoms with Crippen molar-refractivity contribution in [1.29, 1.82) is 0 Å². The van der Waals surface area contributed by atoms with Crippen LogP contribution in [0.2, 0.25) is 19.6 Å². The number of hydrogen-bond acceptors (Lipinski definition) is 0. The molecule has 0 heterocycles. The molecule has 0 aromatic heterocycles. The van der Waals surface area contributed by atoms with Crippen LogP contribution in [0.25, 0.3) is 0 Å². The van der Waals surface area contributed by atoms with Gasteiger partial charge in [-0.2, -0.15) is 57.1 Å². The number of halogens is 15. The average molecular weight is 442 g/mol. The van der Waals surface area contributed by atoms with Crippen LogP contribution in [0.3, 0.4) is 0 Å². The molecular formula is C10H9F15Si. The molecule has 0 N–H and O–H groups in total. The van der Waals surface area contributed by atoms with Crippen LogP contribution in [0.1, 0.15) is 0 Å². The Morgan fingerprint density at radius 2 is 0.615 bits per heavy atom. The Hall–Kier alpha value is -0.833. The first-order chi connectivity index (χ1) is 10.8. The maximum Gasteiger partial charge on any atom is 0.460 e. The molecule has 0 radical (unpaired) electrons. The van der Waals surface area contributed by atoms with E-state index in [-0.39, 0.29) is 19.6 Å². The number of rotatable bonds is 6. The van der Waals surface area contributed by atoms with Crippen molar-refractivity contribution < 1.29 is 65.9 Å². The van der Waals surface area contributed by atoms with Crippen molar-refractivity contribution >= 4 is 8.07 Å². The highest BCUT2D eigenvalue weighted by atomic mass is 28.3. The van der Waals surface area contributed by atoms with Crippen molar-refractivity contribution in [2.75, 3.05) is 0 Å². The minimum atomic E-state index is -8.20. The van der Waals surface area contributed by atoms with Crippen LogP contribution in [-0.4, -0.2) is 49.4 Å². The van der Waals surface area contributed by atoms with Crippen LogP contribution >= 0.6 is 0 Å². The molecule has 0 fully saturated rings. The van der Waals surface area contributed by atoms with Crippen LogP contribution in [0.15, 0.2) is 0 Å². The third-order valence-corrected chi connectivity index (χ3v) is 5.47. The van der Waals surface area contributed by atoms with Gasteiger partial charge in [-0.25, -0.2) is 8.78 Å². The maximum absolute atomic E-state index is 13.5. The van der Waals surface area contributed by atoms with Crippen LogP contribution in [0, 0.1) is 0 Å². The summed E-state index contributed by atoms with van der Waals surface area (Å²) in [5.41, 5.74) is -6.09. The van der Waals surface area contributed by atoms with Gasteiger partial charge in [-0.05, 0) is 0 Å². The highest BCUT2D eigenvalue weighted by molar-refractivity contribution is 6.78. The standard InChI is InChI=1S/C10H9F15Si/c1-26(2,3)10(24,25)8(19,20)6(15,16)4(11,12)5(13,14)7(17,18)9(21,22)23/h1-3H3. The van der Waals surface area contributed by atoms with Crippen molar-refractivity contribution in [2.45, 2.75) is 61.0 Å². The van der Waals surface area contributed by atoms with E-state index in [0.29, 0.717) is 0 Å². The Labute approximate surface area is 136 Å². The van der Waals surface area contributed by atoms with E-state index in [0.717, 1.165) is 0 Å². The lowest BCUT2D eigenvalue weighted by atomic mass is 9.94. The van der Waals surface area contributed by atoms with Crippen molar-refractivity contribution in [2.24, 2.45) is 0 Å². The molecule has 0 unspecified atom stereocenters. The number of alkyl halides is 15. The van der Waals surface area contributed by atoms with E-state index >= 15 is 0 Å². The fourth-order valence-electron chi connectivity index (χ4n) is 1.44. The molecule has 158 valence electrons. The summed E-state index contributed by atoms with van der Waals surface area (Å²) >= 11 is 0. The van der Waals surface area contributed by atoms with Gasteiger partial charge in [0.2, 0.25) is 0 Å². The molecule has 0 saturated heterocycles. The number of hydrogen-bond donors (Lipinski definition) is 0. The van der Waals surface area contributed by atoms with Gasteiger partial charge < -0.3 is 0 Å². The van der Waals surface area contributed by atoms with Gasteiger partial charge in [0.05, 0.1) is 0 Å². The molecule has 0 aromatic rings. The lowest BCUT2D eigenvalue weighted by Crippen LogP contribution is -2.75. The summed E-state index contributed by atoms with van der Waals surface area (Å²) in [5.74, 6) is -39.7. The van der Waals surface area contributed by atoms with E-state index in [1.807, 2.05) is 0 Å². The summed E-state index contributed by atoms with van der Waals surface area (Å²) in [5, 5.41) is 0. The van der Waals surface area contributed by atoms with Crippen LogP contribution in [-0.2, 0) is 0 Å². The average Bonchev–Trinajstić information content (AvgIpc) is 2.34. The Kier molecular flexibility index (Phi) is 5.64. The van der Waals surface area contributed by atoms with Crippen LogP contribution in [0.5, 0.6) is 0 Å². The molecule has 0 saturated carbocycles. The zero-order chi connectivity index (χ0) is 22.0. The van der Waals surface area contributed by atoms with E-state index in [9.17, 15) is 65.9 Å². The third-order valence-electron chi connectivity index (χ3n) is 3.27. The molecule has 16 heteroatoms. The van der Waals surface area contributed by atoms with Crippen molar-refractivity contribution in [3.63, 3.8) is 0 Å². The summed E-state index contributed by atoms with van der Waals surface area (Å²) in [4.78, 5) is 0. The molecule has 0 spiro atoms. The SMILES string of the molecule is C[Si](C)(C)C(F)(F)C(F)(F)C(F)(F)C(F)(F)C(F)(F)C(F)(F)C(F)(F)F. The largest absolute Gasteiger partial charge is 0.460 e. The molecular weight excluding hydrogens is 433 g/mol. The highest BCUT2D eigenvalue weighted by Gasteiger charge is 2.93. The van der Waals surface area contributed by atoms with E-state index in [2.05, 4.69) is 0 Å². The third kappa shape index (κ3) is 2.95. The summed E-state index contributed by atoms with van der Waals surface area (Å²) in [6.45, 7) is 0.660. The van der Waals surface area contributed by atoms with E-state index in [1.165, 1.54) is 0 Å². The molecule has 0 rings (SSSR count). The molecule has 0 aliphatic rings. The Morgan fingerprint density at radius 1 is 0.385 bits per heavy atom. The normalized spacial score (nSPS) is 16.8. The lowest BCUT2D eigenvalue weighted by molar-refractivity contribution is -0.448. The van der Waals surface area contributed by atoms with Crippen molar-refractivity contribution in [3.05, 3.63) is 0 Å². The molecule has 0 nitrogen and oxygen atoms in total. The molecule has 26 heavy (non-hydrogen) atoms. The maximum atomic E-state index is 13.5. The molecule has 0 aromatic carbocycles. The van der Waals surface area contributed by atoms with Gasteiger partial charge in [-0.3, -0.25) is 0 Å². The van der Waals surface area contributed by atoms with E-state index in [4.69, 9.17) is 0 Å². The second kappa shape index (κ2) is 5.83. The predicted octanol–water partition coefficient (Wildman–Crippen LogP) is 6.24. The highest BCUT2D eigenvalue weighted by Crippen LogP contribution is 2.63. The fraction of sp³-hybridized carbons (Fsp3) is 1.00. The first kappa shape index (κ1) is 25.2. The van der Waals surface area contributed by atoms with Gasteiger partial charge in [-0.1, -0.05) is 19.6 Å². The monoisotopic (exact) mass is 442 g/mol. The van der Waals surface area contributed by atoms with Gasteiger partial charge in [0.15, 0.2) is 0 Å². The Balaban J connectivity index is 6.61.